The van der Waals surface area contributed by atoms with E-state index >= 15 is 0 Å². The Morgan fingerprint density at radius 1 is 1.17 bits per heavy atom. The number of nitro groups is 1. The molecule has 3 aliphatic carbocycles. The minimum Gasteiger partial charge on any atom is -0.404 e. The second kappa shape index (κ2) is 13.1. The van der Waals surface area contributed by atoms with E-state index in [2.05, 4.69) is 44.9 Å². The first-order chi connectivity index (χ1) is 21.6. The zero-order valence-electron chi connectivity index (χ0n) is 27.3. The molecule has 4 fully saturated rings. The number of carbonyl (C=O) groups is 1. The number of benzene rings is 2. The number of sulfone groups is 1. The van der Waals surface area contributed by atoms with Crippen LogP contribution in [0.1, 0.15) is 66.7 Å². The van der Waals surface area contributed by atoms with E-state index in [1.165, 1.54) is 0 Å². The number of hydrogen-bond donors (Lipinski definition) is 3. The molecule has 14 heteroatoms. The van der Waals surface area contributed by atoms with Crippen molar-refractivity contribution in [3.63, 3.8) is 0 Å². The molecule has 12 nitrogen and oxygen atoms in total. The van der Waals surface area contributed by atoms with Gasteiger partial charge in [-0.1, -0.05) is 63.5 Å². The summed E-state index contributed by atoms with van der Waals surface area (Å²) in [7, 11) is -4.52. The number of carbonyl (C=O) groups excluding carboxylic acids is 1. The Morgan fingerprint density at radius 3 is 2.57 bits per heavy atom. The van der Waals surface area contributed by atoms with Gasteiger partial charge >= 0.3 is 7.12 Å². The largest absolute Gasteiger partial charge is 0.481 e. The maximum absolute atomic E-state index is 14.0. The van der Waals surface area contributed by atoms with Crippen LogP contribution in [0, 0.1) is 39.2 Å². The Labute approximate surface area is 271 Å². The molecule has 4 aliphatic rings. The standard InChI is InChI=1S/C32H46BN5O7S/c1-20(2)15-28(33-44-27-18-24-17-26(31(24,3)4)32(27,5)45-33)36-29(39)23(11-8-14-35-30(34)37-38(40)41)19-46(42,43)25-13-12-21-9-6-7-10-22(21)16-25/h6-7,9-10,12-13,16,20,23-24,26-28H,8,11,14-15,17-19H2,1-5H3,(H,36,39)(H3,34,35,37)/t23-,24-,26-,27-,28+,32+/m1/s1. The van der Waals surface area contributed by atoms with Crippen molar-refractivity contribution in [3.05, 3.63) is 52.6 Å². The van der Waals surface area contributed by atoms with Crippen LogP contribution in [0.3, 0.4) is 0 Å². The number of fused-ring (bicyclic) bond motifs is 1. The maximum Gasteiger partial charge on any atom is 0.481 e. The van der Waals surface area contributed by atoms with Crippen molar-refractivity contribution >= 4 is 39.6 Å². The molecule has 2 bridgehead atoms. The summed E-state index contributed by atoms with van der Waals surface area (Å²) in [5, 5.41) is 14.7. The molecule has 6 rings (SSSR count). The van der Waals surface area contributed by atoms with Crippen molar-refractivity contribution in [2.75, 3.05) is 12.3 Å². The molecule has 0 unspecified atom stereocenters. The summed E-state index contributed by atoms with van der Waals surface area (Å²) in [6.45, 7) is 10.9. The highest BCUT2D eigenvalue weighted by Gasteiger charge is 2.68. The van der Waals surface area contributed by atoms with E-state index in [9.17, 15) is 23.3 Å². The van der Waals surface area contributed by atoms with Crippen LogP contribution in [0.4, 0.5) is 0 Å². The quantitative estimate of drug-likeness (QED) is 0.0722. The lowest BCUT2D eigenvalue weighted by Gasteiger charge is -2.64. The van der Waals surface area contributed by atoms with Gasteiger partial charge in [0.05, 0.1) is 34.2 Å². The van der Waals surface area contributed by atoms with Gasteiger partial charge in [0.1, 0.15) is 0 Å². The lowest BCUT2D eigenvalue weighted by Crippen LogP contribution is -2.65. The van der Waals surface area contributed by atoms with Crippen LogP contribution in [0.2, 0.25) is 0 Å². The SMILES string of the molecule is CC(C)C[C@H](NC(=O)[C@H](CCCN=C(N)N[N+](=O)[O-])CS(=O)(=O)c1ccc2ccccc2c1)B1O[C@@H]2C[C@H]3C[C@H](C3(C)C)[C@]2(C)O1. The normalized spacial score (nSPS) is 26.7. The molecule has 1 amide bonds. The topological polar surface area (TPSA) is 175 Å². The van der Waals surface area contributed by atoms with Crippen LogP contribution < -0.4 is 16.5 Å². The number of aliphatic imine (C=N–C) groups is 1. The number of hydrogen-bond acceptors (Lipinski definition) is 8. The van der Waals surface area contributed by atoms with E-state index in [1.807, 2.05) is 24.3 Å². The molecule has 1 aliphatic heterocycles. The minimum atomic E-state index is -3.87. The molecule has 2 aromatic rings. The number of amides is 1. The van der Waals surface area contributed by atoms with Gasteiger partial charge in [-0.15, -0.1) is 0 Å². The first kappa shape index (κ1) is 34.1. The maximum atomic E-state index is 14.0. The number of rotatable bonds is 13. The average Bonchev–Trinajstić information content (AvgIpc) is 3.34. The molecule has 1 saturated heterocycles. The molecule has 0 aromatic heterocycles. The average molecular weight is 656 g/mol. The molecule has 0 radical (unpaired) electrons. The Bertz CT molecular complexity index is 1600. The zero-order chi connectivity index (χ0) is 33.4. The summed E-state index contributed by atoms with van der Waals surface area (Å²) in [6.07, 6.45) is 3.02. The first-order valence-electron chi connectivity index (χ1n) is 16.2. The summed E-state index contributed by atoms with van der Waals surface area (Å²) in [5.41, 5.74) is 7.05. The summed E-state index contributed by atoms with van der Waals surface area (Å²) in [5.74, 6) is -1.42. The van der Waals surface area contributed by atoms with Crippen LogP contribution in [0.5, 0.6) is 0 Å². The van der Waals surface area contributed by atoms with Crippen molar-refractivity contribution in [1.82, 2.24) is 10.7 Å². The summed E-state index contributed by atoms with van der Waals surface area (Å²) in [6, 6.07) is 12.4. The van der Waals surface area contributed by atoms with Crippen molar-refractivity contribution in [3.8, 4) is 0 Å². The van der Waals surface area contributed by atoms with Crippen molar-refractivity contribution in [1.29, 1.82) is 0 Å². The molecule has 6 atom stereocenters. The minimum absolute atomic E-state index is 0.0546. The highest BCUT2D eigenvalue weighted by molar-refractivity contribution is 7.91. The van der Waals surface area contributed by atoms with Gasteiger partial charge in [-0.05, 0) is 85.1 Å². The van der Waals surface area contributed by atoms with Gasteiger partial charge in [0.25, 0.3) is 5.96 Å². The summed E-state index contributed by atoms with van der Waals surface area (Å²) >= 11 is 0. The van der Waals surface area contributed by atoms with Crippen molar-refractivity contribution in [2.45, 2.75) is 89.3 Å². The van der Waals surface area contributed by atoms with Crippen LogP contribution in [-0.4, -0.2) is 62.4 Å². The molecule has 46 heavy (non-hydrogen) atoms. The smallest absolute Gasteiger partial charge is 0.404 e. The van der Waals surface area contributed by atoms with Gasteiger partial charge in [-0.3, -0.25) is 4.79 Å². The number of hydrazine groups is 1. The molecule has 3 saturated carbocycles. The molecule has 250 valence electrons. The number of nitrogens with zero attached hydrogens (tertiary/aromatic N) is 2. The highest BCUT2D eigenvalue weighted by atomic mass is 32.2. The summed E-state index contributed by atoms with van der Waals surface area (Å²) < 4.78 is 40.7. The van der Waals surface area contributed by atoms with Crippen molar-refractivity contribution < 1.29 is 27.6 Å². The van der Waals surface area contributed by atoms with Gasteiger partial charge in [-0.2, -0.15) is 0 Å². The first-order valence-corrected chi connectivity index (χ1v) is 17.8. The van der Waals surface area contributed by atoms with Gasteiger partial charge < -0.3 is 20.4 Å². The van der Waals surface area contributed by atoms with Gasteiger partial charge in [0.2, 0.25) is 5.91 Å². The predicted molar refractivity (Wildman–Crippen MR) is 177 cm³/mol. The fraction of sp³-hybridized carbons (Fsp3) is 0.625. The number of nitrogens with one attached hydrogen (secondary N) is 2. The van der Waals surface area contributed by atoms with Gasteiger partial charge in [-0.25, -0.2) is 23.5 Å². The Hall–Kier alpha value is -3.23. The molecular weight excluding hydrogens is 609 g/mol. The molecule has 1 heterocycles. The second-order valence-corrected chi connectivity index (χ2v) is 16.4. The van der Waals surface area contributed by atoms with Gasteiger partial charge in [0, 0.05) is 6.54 Å². The van der Waals surface area contributed by atoms with E-state index in [-0.39, 0.29) is 47.7 Å². The molecular formula is C32H46BN5O7S. The number of guanidine groups is 1. The Morgan fingerprint density at radius 2 is 1.89 bits per heavy atom. The van der Waals surface area contributed by atoms with E-state index in [1.54, 1.807) is 23.6 Å². The van der Waals surface area contributed by atoms with E-state index in [4.69, 9.17) is 15.0 Å². The molecule has 0 spiro atoms. The molecule has 4 N–H and O–H groups in total. The zero-order valence-corrected chi connectivity index (χ0v) is 28.1. The van der Waals surface area contributed by atoms with Crippen molar-refractivity contribution in [2.24, 2.45) is 39.8 Å². The third-order valence-electron chi connectivity index (χ3n) is 10.4. The predicted octanol–water partition coefficient (Wildman–Crippen LogP) is 3.90. The monoisotopic (exact) mass is 655 g/mol. The third kappa shape index (κ3) is 7.03. The van der Waals surface area contributed by atoms with E-state index in [0.717, 1.165) is 23.6 Å². The van der Waals surface area contributed by atoms with E-state index in [0.29, 0.717) is 18.3 Å². The number of nitrogens with two attached hydrogens (primary N) is 1. The Kier molecular flexibility index (Phi) is 9.73. The summed E-state index contributed by atoms with van der Waals surface area (Å²) in [4.78, 5) is 28.7. The van der Waals surface area contributed by atoms with Crippen LogP contribution in [0.25, 0.3) is 10.8 Å². The second-order valence-electron chi connectivity index (χ2n) is 14.3. The fourth-order valence-corrected chi connectivity index (χ4v) is 9.42. The highest BCUT2D eigenvalue weighted by Crippen LogP contribution is 2.65. The molecule has 2 aromatic carbocycles. The van der Waals surface area contributed by atoms with Crippen LogP contribution in [0.15, 0.2) is 52.4 Å². The Balaban J connectivity index is 1.34. The lowest BCUT2D eigenvalue weighted by molar-refractivity contribution is -0.525. The van der Waals surface area contributed by atoms with Crippen LogP contribution in [-0.2, 0) is 23.9 Å². The van der Waals surface area contributed by atoms with E-state index < -0.39 is 51.1 Å². The fourth-order valence-electron chi connectivity index (χ4n) is 7.80. The lowest BCUT2D eigenvalue weighted by atomic mass is 9.43. The van der Waals surface area contributed by atoms with Crippen LogP contribution >= 0.6 is 0 Å². The van der Waals surface area contributed by atoms with Gasteiger partial charge in [0.15, 0.2) is 14.9 Å². The third-order valence-corrected chi connectivity index (χ3v) is 12.2.